The zero-order valence-corrected chi connectivity index (χ0v) is 18.6. The lowest BCUT2D eigenvalue weighted by molar-refractivity contribution is 0.0694. The van der Waals surface area contributed by atoms with E-state index < -0.39 is 11.4 Å². The Morgan fingerprint density at radius 2 is 1.57 bits per heavy atom. The molecule has 0 aromatic heterocycles. The molecule has 0 aliphatic rings. The number of hydrogen-bond donors (Lipinski definition) is 2. The van der Waals surface area contributed by atoms with E-state index in [2.05, 4.69) is 63.7 Å². The van der Waals surface area contributed by atoms with Crippen LogP contribution in [0.15, 0.2) is 42.2 Å². The molecule has 0 bridgehead atoms. The molecule has 0 heterocycles. The van der Waals surface area contributed by atoms with Gasteiger partial charge in [-0.25, -0.2) is 4.79 Å². The molecule has 0 radical (unpaired) electrons. The summed E-state index contributed by atoms with van der Waals surface area (Å²) in [4.78, 5) is 11.5. The second kappa shape index (κ2) is 6.86. The predicted octanol–water partition coefficient (Wildman–Crippen LogP) is 6.34. The van der Waals surface area contributed by atoms with Crippen LogP contribution in [0.1, 0.15) is 35.3 Å². The highest BCUT2D eigenvalue weighted by molar-refractivity contribution is 9.11. The Balaban J connectivity index is 2.70. The molecule has 0 spiro atoms. The van der Waals surface area contributed by atoms with Crippen molar-refractivity contribution in [1.82, 2.24) is 0 Å². The first-order valence-corrected chi connectivity index (χ1v) is 9.71. The van der Waals surface area contributed by atoms with Gasteiger partial charge in [-0.15, -0.1) is 0 Å². The zero-order chi connectivity index (χ0) is 17.5. The first-order chi connectivity index (χ1) is 10.6. The molecule has 0 atom stereocenters. The van der Waals surface area contributed by atoms with Crippen LogP contribution in [0.5, 0.6) is 0 Å². The van der Waals surface area contributed by atoms with Crippen molar-refractivity contribution in [2.75, 3.05) is 5.73 Å². The number of carboxylic acid groups (broad SMARTS) is 1. The van der Waals surface area contributed by atoms with Crippen LogP contribution in [-0.4, -0.2) is 11.1 Å². The molecule has 0 saturated heterocycles. The second-order valence-corrected chi connectivity index (χ2v) is 8.92. The monoisotopic (exact) mass is 567 g/mol. The number of carbonyl (C=O) groups is 1. The van der Waals surface area contributed by atoms with Gasteiger partial charge in [-0.1, -0.05) is 19.9 Å². The Labute approximate surface area is 168 Å². The van der Waals surface area contributed by atoms with E-state index in [0.717, 1.165) is 20.1 Å². The molecular formula is C16H13Br4NO2. The van der Waals surface area contributed by atoms with Crippen molar-refractivity contribution in [3.05, 3.63) is 58.8 Å². The normalized spacial score (nSPS) is 11.6. The van der Waals surface area contributed by atoms with Gasteiger partial charge >= 0.3 is 5.97 Å². The standard InChI is InChI=1S/C16H13Br4NO2/c1-16(2,7-5-10(18)14(21)11(19)6-7)8-3-4-9(17)12(13(8)20)15(22)23/h3-6H,21H2,1-2H3,(H,22,23). The summed E-state index contributed by atoms with van der Waals surface area (Å²) in [5, 5.41) is 9.44. The Bertz CT molecular complexity index is 780. The average molecular weight is 571 g/mol. The van der Waals surface area contributed by atoms with E-state index in [0.29, 0.717) is 14.6 Å². The molecule has 0 unspecified atom stereocenters. The summed E-state index contributed by atoms with van der Waals surface area (Å²) in [6.45, 7) is 4.08. The molecule has 0 aliphatic heterocycles. The molecule has 0 fully saturated rings. The predicted molar refractivity (Wildman–Crippen MR) is 107 cm³/mol. The fourth-order valence-electron chi connectivity index (χ4n) is 2.33. The Morgan fingerprint density at radius 1 is 1.04 bits per heavy atom. The lowest BCUT2D eigenvalue weighted by Crippen LogP contribution is -2.21. The summed E-state index contributed by atoms with van der Waals surface area (Å²) in [6.07, 6.45) is 0. The van der Waals surface area contributed by atoms with Gasteiger partial charge in [0.1, 0.15) is 0 Å². The summed E-state index contributed by atoms with van der Waals surface area (Å²) in [5.74, 6) is -0.985. The SMILES string of the molecule is CC(C)(c1cc(Br)c(N)c(Br)c1)c1ccc(Br)c(C(=O)O)c1Br. The van der Waals surface area contributed by atoms with Gasteiger partial charge < -0.3 is 10.8 Å². The average Bonchev–Trinajstić information content (AvgIpc) is 2.43. The van der Waals surface area contributed by atoms with Gasteiger partial charge in [0, 0.05) is 23.3 Å². The van der Waals surface area contributed by atoms with Gasteiger partial charge in [-0.05, 0) is 93.0 Å². The van der Waals surface area contributed by atoms with Crippen LogP contribution in [0.4, 0.5) is 5.69 Å². The maximum atomic E-state index is 11.5. The second-order valence-electron chi connectivity index (χ2n) is 5.57. The van der Waals surface area contributed by atoms with Crippen LogP contribution in [0, 0.1) is 0 Å². The molecule has 3 nitrogen and oxygen atoms in total. The van der Waals surface area contributed by atoms with Crippen molar-refractivity contribution in [2.45, 2.75) is 19.3 Å². The minimum atomic E-state index is -0.985. The van der Waals surface area contributed by atoms with E-state index in [1.165, 1.54) is 0 Å². The molecule has 122 valence electrons. The van der Waals surface area contributed by atoms with Crippen LogP contribution >= 0.6 is 63.7 Å². The number of rotatable bonds is 3. The largest absolute Gasteiger partial charge is 0.478 e. The van der Waals surface area contributed by atoms with Crippen molar-refractivity contribution in [2.24, 2.45) is 0 Å². The Hall–Kier alpha value is -0.370. The summed E-state index contributed by atoms with van der Waals surface area (Å²) in [5.41, 5.74) is 8.25. The highest BCUT2D eigenvalue weighted by atomic mass is 79.9. The van der Waals surface area contributed by atoms with E-state index in [1.807, 2.05) is 32.0 Å². The molecule has 0 aliphatic carbocycles. The quantitative estimate of drug-likeness (QED) is 0.423. The lowest BCUT2D eigenvalue weighted by atomic mass is 9.77. The van der Waals surface area contributed by atoms with Crippen molar-refractivity contribution in [3.8, 4) is 0 Å². The number of benzene rings is 2. The topological polar surface area (TPSA) is 63.3 Å². The van der Waals surface area contributed by atoms with E-state index in [9.17, 15) is 9.90 Å². The molecule has 0 amide bonds. The molecule has 3 N–H and O–H groups in total. The molecule has 23 heavy (non-hydrogen) atoms. The molecule has 2 aromatic rings. The van der Waals surface area contributed by atoms with E-state index in [4.69, 9.17) is 5.73 Å². The fraction of sp³-hybridized carbons (Fsp3) is 0.188. The van der Waals surface area contributed by atoms with Gasteiger partial charge in [0.15, 0.2) is 0 Å². The first kappa shape index (κ1) is 19.0. The third-order valence-electron chi connectivity index (χ3n) is 3.78. The molecular weight excluding hydrogens is 558 g/mol. The van der Waals surface area contributed by atoms with Crippen LogP contribution in [0.3, 0.4) is 0 Å². The maximum Gasteiger partial charge on any atom is 0.338 e. The summed E-state index contributed by atoms with van der Waals surface area (Å²) in [7, 11) is 0. The van der Waals surface area contributed by atoms with Gasteiger partial charge in [-0.3, -0.25) is 0 Å². The Morgan fingerprint density at radius 3 is 2.04 bits per heavy atom. The van der Waals surface area contributed by atoms with Gasteiger partial charge in [-0.2, -0.15) is 0 Å². The van der Waals surface area contributed by atoms with Crippen molar-refractivity contribution in [1.29, 1.82) is 0 Å². The minimum absolute atomic E-state index is 0.212. The minimum Gasteiger partial charge on any atom is -0.478 e. The number of nitrogen functional groups attached to an aromatic ring is 1. The zero-order valence-electron chi connectivity index (χ0n) is 12.3. The van der Waals surface area contributed by atoms with E-state index >= 15 is 0 Å². The summed E-state index contributed by atoms with van der Waals surface area (Å²) in [6, 6.07) is 7.58. The maximum absolute atomic E-state index is 11.5. The van der Waals surface area contributed by atoms with Crippen LogP contribution < -0.4 is 5.73 Å². The lowest BCUT2D eigenvalue weighted by Gasteiger charge is -2.29. The number of hydrogen-bond acceptors (Lipinski definition) is 2. The number of carboxylic acids is 1. The van der Waals surface area contributed by atoms with E-state index in [1.54, 1.807) is 6.07 Å². The molecule has 0 saturated carbocycles. The third kappa shape index (κ3) is 3.52. The summed E-state index contributed by atoms with van der Waals surface area (Å²) >= 11 is 13.7. The first-order valence-electron chi connectivity index (χ1n) is 6.54. The number of halogens is 4. The summed E-state index contributed by atoms with van der Waals surface area (Å²) < 4.78 is 2.69. The Kier molecular flexibility index (Phi) is 5.66. The molecule has 2 rings (SSSR count). The van der Waals surface area contributed by atoms with Crippen molar-refractivity contribution < 1.29 is 9.90 Å². The van der Waals surface area contributed by atoms with Gasteiger partial charge in [0.05, 0.1) is 11.3 Å². The highest BCUT2D eigenvalue weighted by Crippen LogP contribution is 2.42. The van der Waals surface area contributed by atoms with Crippen LogP contribution in [0.2, 0.25) is 0 Å². The smallest absolute Gasteiger partial charge is 0.338 e. The third-order valence-corrected chi connectivity index (χ3v) is 6.58. The number of aromatic carboxylic acids is 1. The van der Waals surface area contributed by atoms with E-state index in [-0.39, 0.29) is 5.56 Å². The van der Waals surface area contributed by atoms with Crippen LogP contribution in [0.25, 0.3) is 0 Å². The van der Waals surface area contributed by atoms with Gasteiger partial charge in [0.2, 0.25) is 0 Å². The van der Waals surface area contributed by atoms with Crippen molar-refractivity contribution >= 4 is 75.4 Å². The van der Waals surface area contributed by atoms with Gasteiger partial charge in [0.25, 0.3) is 0 Å². The van der Waals surface area contributed by atoms with Crippen molar-refractivity contribution in [3.63, 3.8) is 0 Å². The fourth-order valence-corrected chi connectivity index (χ4v) is 5.30. The number of nitrogens with two attached hydrogens (primary N) is 1. The van der Waals surface area contributed by atoms with Crippen LogP contribution in [-0.2, 0) is 5.41 Å². The molecule has 7 heteroatoms. The number of anilines is 1. The molecule has 2 aromatic carbocycles. The highest BCUT2D eigenvalue weighted by Gasteiger charge is 2.29.